The molecule has 1 aromatic rings. The van der Waals surface area contributed by atoms with Crippen molar-refractivity contribution in [2.75, 3.05) is 0 Å². The van der Waals surface area contributed by atoms with Gasteiger partial charge in [0.15, 0.2) is 0 Å². The lowest BCUT2D eigenvalue weighted by atomic mass is 9.76. The molecule has 116 valence electrons. The summed E-state index contributed by atoms with van der Waals surface area (Å²) in [6.45, 7) is 2.14. The van der Waals surface area contributed by atoms with Crippen molar-refractivity contribution in [3.05, 3.63) is 89.6 Å². The average molecular weight is 300 g/mol. The van der Waals surface area contributed by atoms with Crippen LogP contribution in [0.15, 0.2) is 78.4 Å². The highest BCUT2D eigenvalue weighted by atomic mass is 14.3. The maximum atomic E-state index is 2.50. The average Bonchev–Trinajstić information content (AvgIpc) is 2.62. The lowest BCUT2D eigenvalue weighted by Gasteiger charge is -2.29. The number of hydrogen-bond acceptors (Lipinski definition) is 0. The molecule has 0 amide bonds. The van der Waals surface area contributed by atoms with E-state index < -0.39 is 0 Å². The highest BCUT2D eigenvalue weighted by Crippen LogP contribution is 2.36. The van der Waals surface area contributed by atoms with Crippen molar-refractivity contribution in [2.45, 2.75) is 26.2 Å². The minimum Gasteiger partial charge on any atom is -0.0879 e. The standard InChI is InChI=1S/C23H24/c1-17-6-8-19(9-7-17)20-10-12-21(13-11-20)23-15-14-18-4-2-3-5-22(18)16-23/h3,5-12,14-16,18,21-22H,2,4,13H2,1H3. The van der Waals surface area contributed by atoms with Gasteiger partial charge < -0.3 is 0 Å². The van der Waals surface area contributed by atoms with Crippen LogP contribution in [0.3, 0.4) is 0 Å². The van der Waals surface area contributed by atoms with Crippen molar-refractivity contribution in [1.29, 1.82) is 0 Å². The number of fused-ring (bicyclic) bond motifs is 1. The highest BCUT2D eigenvalue weighted by Gasteiger charge is 2.23. The topological polar surface area (TPSA) is 0 Å². The summed E-state index contributed by atoms with van der Waals surface area (Å²) in [5.41, 5.74) is 5.50. The predicted octanol–water partition coefficient (Wildman–Crippen LogP) is 6.03. The molecule has 0 N–H and O–H groups in total. The number of rotatable bonds is 2. The molecular weight excluding hydrogens is 276 g/mol. The molecule has 0 radical (unpaired) electrons. The van der Waals surface area contributed by atoms with E-state index in [-0.39, 0.29) is 0 Å². The Bertz CT molecular complexity index is 722. The van der Waals surface area contributed by atoms with E-state index in [9.17, 15) is 0 Å². The van der Waals surface area contributed by atoms with E-state index in [4.69, 9.17) is 0 Å². The van der Waals surface area contributed by atoms with E-state index in [1.54, 1.807) is 0 Å². The lowest BCUT2D eigenvalue weighted by molar-refractivity contribution is 0.485. The van der Waals surface area contributed by atoms with E-state index in [1.807, 2.05) is 0 Å². The molecule has 0 aromatic heterocycles. The second kappa shape index (κ2) is 6.20. The first-order valence-corrected chi connectivity index (χ1v) is 8.81. The summed E-state index contributed by atoms with van der Waals surface area (Å²) in [6.07, 6.45) is 22.8. The molecule has 4 rings (SSSR count). The number of hydrogen-bond donors (Lipinski definition) is 0. The predicted molar refractivity (Wildman–Crippen MR) is 99.0 cm³/mol. The molecule has 3 aliphatic carbocycles. The van der Waals surface area contributed by atoms with Gasteiger partial charge in [0.25, 0.3) is 0 Å². The molecular formula is C23H24. The fourth-order valence-corrected chi connectivity index (χ4v) is 3.87. The highest BCUT2D eigenvalue weighted by molar-refractivity contribution is 5.75. The van der Waals surface area contributed by atoms with Gasteiger partial charge >= 0.3 is 0 Å². The van der Waals surface area contributed by atoms with Gasteiger partial charge in [-0.1, -0.05) is 78.4 Å². The molecule has 0 heteroatoms. The smallest absolute Gasteiger partial charge is 0.00530 e. The van der Waals surface area contributed by atoms with Crippen LogP contribution in [0.25, 0.3) is 5.57 Å². The van der Waals surface area contributed by atoms with E-state index in [2.05, 4.69) is 79.8 Å². The molecule has 0 saturated heterocycles. The molecule has 0 bridgehead atoms. The zero-order valence-corrected chi connectivity index (χ0v) is 13.8. The second-order valence-electron chi connectivity index (χ2n) is 7.00. The summed E-state index contributed by atoms with van der Waals surface area (Å²) in [5, 5.41) is 0. The van der Waals surface area contributed by atoms with E-state index in [0.717, 1.165) is 12.3 Å². The van der Waals surface area contributed by atoms with Crippen LogP contribution in [0.2, 0.25) is 0 Å². The van der Waals surface area contributed by atoms with Crippen LogP contribution in [0, 0.1) is 24.7 Å². The van der Waals surface area contributed by atoms with Crippen molar-refractivity contribution < 1.29 is 0 Å². The molecule has 0 fully saturated rings. The molecule has 3 unspecified atom stereocenters. The van der Waals surface area contributed by atoms with Crippen molar-refractivity contribution in [1.82, 2.24) is 0 Å². The molecule has 3 atom stereocenters. The van der Waals surface area contributed by atoms with Crippen LogP contribution in [0.4, 0.5) is 0 Å². The summed E-state index contributed by atoms with van der Waals surface area (Å²) >= 11 is 0. The summed E-state index contributed by atoms with van der Waals surface area (Å²) in [4.78, 5) is 0. The first kappa shape index (κ1) is 14.5. The number of benzene rings is 1. The third-order valence-corrected chi connectivity index (χ3v) is 5.35. The molecule has 0 heterocycles. The summed E-state index contributed by atoms with van der Waals surface area (Å²) in [5.74, 6) is 1.89. The summed E-state index contributed by atoms with van der Waals surface area (Å²) in [6, 6.07) is 8.84. The minimum atomic E-state index is 0.539. The van der Waals surface area contributed by atoms with E-state index in [0.29, 0.717) is 11.8 Å². The zero-order valence-electron chi connectivity index (χ0n) is 13.8. The Hall–Kier alpha value is -2.08. The number of allylic oxidation sites excluding steroid dienone is 10. The Morgan fingerprint density at radius 3 is 2.61 bits per heavy atom. The van der Waals surface area contributed by atoms with Crippen LogP contribution >= 0.6 is 0 Å². The fraction of sp³-hybridized carbons (Fsp3) is 0.304. The third kappa shape index (κ3) is 3.03. The second-order valence-corrected chi connectivity index (χ2v) is 7.00. The molecule has 1 aromatic carbocycles. The van der Waals surface area contributed by atoms with Gasteiger partial charge in [0.1, 0.15) is 0 Å². The van der Waals surface area contributed by atoms with Crippen LogP contribution < -0.4 is 0 Å². The van der Waals surface area contributed by atoms with E-state index >= 15 is 0 Å². The molecule has 0 saturated carbocycles. The quantitative estimate of drug-likeness (QED) is 0.585. The van der Waals surface area contributed by atoms with Crippen LogP contribution in [0.1, 0.15) is 30.4 Å². The molecule has 0 nitrogen and oxygen atoms in total. The van der Waals surface area contributed by atoms with Crippen molar-refractivity contribution in [2.24, 2.45) is 17.8 Å². The number of aryl methyl sites for hydroxylation is 1. The Kier molecular flexibility index (Phi) is 3.91. The van der Waals surface area contributed by atoms with E-state index in [1.165, 1.54) is 35.1 Å². The van der Waals surface area contributed by atoms with Gasteiger partial charge in [0.2, 0.25) is 0 Å². The maximum Gasteiger partial charge on any atom is 0.00530 e. The Balaban J connectivity index is 1.49. The Morgan fingerprint density at radius 2 is 1.83 bits per heavy atom. The Labute approximate surface area is 139 Å². The largest absolute Gasteiger partial charge is 0.0879 e. The SMILES string of the molecule is Cc1ccc(C2=CCC(C3=CC4C=CCCC4C=C3)C=C2)cc1. The van der Waals surface area contributed by atoms with Crippen molar-refractivity contribution in [3.8, 4) is 0 Å². The van der Waals surface area contributed by atoms with Gasteiger partial charge in [-0.05, 0) is 48.8 Å². The van der Waals surface area contributed by atoms with Gasteiger partial charge in [-0.15, -0.1) is 0 Å². The first-order valence-electron chi connectivity index (χ1n) is 8.81. The van der Waals surface area contributed by atoms with Crippen LogP contribution in [-0.2, 0) is 0 Å². The summed E-state index contributed by atoms with van der Waals surface area (Å²) < 4.78 is 0. The third-order valence-electron chi connectivity index (χ3n) is 5.35. The van der Waals surface area contributed by atoms with Gasteiger partial charge in [-0.3, -0.25) is 0 Å². The maximum absolute atomic E-state index is 2.50. The van der Waals surface area contributed by atoms with Gasteiger partial charge in [-0.25, -0.2) is 0 Å². The minimum absolute atomic E-state index is 0.539. The monoisotopic (exact) mass is 300 g/mol. The van der Waals surface area contributed by atoms with Crippen molar-refractivity contribution in [3.63, 3.8) is 0 Å². The fourth-order valence-electron chi connectivity index (χ4n) is 3.87. The van der Waals surface area contributed by atoms with Crippen LogP contribution in [-0.4, -0.2) is 0 Å². The Morgan fingerprint density at radius 1 is 0.957 bits per heavy atom. The van der Waals surface area contributed by atoms with Gasteiger partial charge in [0, 0.05) is 11.8 Å². The first-order chi connectivity index (χ1) is 11.3. The van der Waals surface area contributed by atoms with Gasteiger partial charge in [-0.2, -0.15) is 0 Å². The van der Waals surface area contributed by atoms with Crippen LogP contribution in [0.5, 0.6) is 0 Å². The lowest BCUT2D eigenvalue weighted by Crippen LogP contribution is -2.17. The molecule has 0 aliphatic heterocycles. The molecule has 23 heavy (non-hydrogen) atoms. The summed E-state index contributed by atoms with van der Waals surface area (Å²) in [7, 11) is 0. The normalized spacial score (nSPS) is 29.0. The van der Waals surface area contributed by atoms with Crippen molar-refractivity contribution >= 4 is 5.57 Å². The molecule has 3 aliphatic rings. The molecule has 0 spiro atoms. The van der Waals surface area contributed by atoms with Gasteiger partial charge in [0.05, 0.1) is 0 Å². The zero-order chi connectivity index (χ0) is 15.6.